The zero-order chi connectivity index (χ0) is 11.5. The second kappa shape index (κ2) is 5.00. The molecule has 1 rings (SSSR count). The normalized spacial score (nSPS) is 18.9. The first-order chi connectivity index (χ1) is 6.91. The van der Waals surface area contributed by atoms with Crippen molar-refractivity contribution < 1.29 is 0 Å². The number of nitrogens with zero attached hydrogens (tertiary/aromatic N) is 1. The first-order valence-electron chi connectivity index (χ1n) is 6.21. The summed E-state index contributed by atoms with van der Waals surface area (Å²) in [5.41, 5.74) is -0.0105. The van der Waals surface area contributed by atoms with Gasteiger partial charge in [0.1, 0.15) is 5.84 Å². The molecule has 88 valence electrons. The number of hydrogen-bond acceptors (Lipinski definition) is 1. The monoisotopic (exact) mass is 210 g/mol. The predicted molar refractivity (Wildman–Crippen MR) is 66.4 cm³/mol. The largest absolute Gasteiger partial charge is 0.363 e. The Morgan fingerprint density at radius 3 is 2.20 bits per heavy atom. The van der Waals surface area contributed by atoms with Crippen LogP contribution in [-0.4, -0.2) is 24.3 Å². The van der Waals surface area contributed by atoms with E-state index >= 15 is 0 Å². The van der Waals surface area contributed by atoms with Crippen LogP contribution in [0, 0.1) is 16.7 Å². The van der Waals surface area contributed by atoms with E-state index in [0.29, 0.717) is 0 Å². The summed E-state index contributed by atoms with van der Waals surface area (Å²) in [6, 6.07) is 0. The van der Waals surface area contributed by atoms with E-state index < -0.39 is 0 Å². The third-order valence-corrected chi connectivity index (χ3v) is 3.35. The molecule has 15 heavy (non-hydrogen) atoms. The second-order valence-corrected chi connectivity index (χ2v) is 5.98. The Balaban J connectivity index is 2.40. The summed E-state index contributed by atoms with van der Waals surface area (Å²) in [7, 11) is 2.07. The molecule has 0 unspecified atom stereocenters. The number of amidine groups is 1. The third kappa shape index (κ3) is 3.84. The van der Waals surface area contributed by atoms with Crippen LogP contribution in [0.1, 0.15) is 52.9 Å². The van der Waals surface area contributed by atoms with Crippen molar-refractivity contribution >= 4 is 5.84 Å². The maximum Gasteiger partial charge on any atom is 0.101 e. The Morgan fingerprint density at radius 2 is 1.73 bits per heavy atom. The highest BCUT2D eigenvalue weighted by Crippen LogP contribution is 2.25. The predicted octanol–water partition coefficient (Wildman–Crippen LogP) is 3.52. The van der Waals surface area contributed by atoms with Gasteiger partial charge in [-0.25, -0.2) is 0 Å². The molecule has 0 atom stereocenters. The van der Waals surface area contributed by atoms with Gasteiger partial charge in [-0.3, -0.25) is 5.41 Å². The first-order valence-corrected chi connectivity index (χ1v) is 6.21. The minimum Gasteiger partial charge on any atom is -0.363 e. The standard InChI is InChI=1S/C13H26N2/c1-13(2,3)12(14)15(4)10-11-8-6-5-7-9-11/h11,14H,5-10H2,1-4H3. The fourth-order valence-corrected chi connectivity index (χ4v) is 2.42. The van der Waals surface area contributed by atoms with Crippen molar-refractivity contribution in [2.45, 2.75) is 52.9 Å². The number of rotatable bonds is 2. The Labute approximate surface area is 94.6 Å². The minimum atomic E-state index is -0.0105. The first kappa shape index (κ1) is 12.5. The molecule has 0 radical (unpaired) electrons. The van der Waals surface area contributed by atoms with Gasteiger partial charge >= 0.3 is 0 Å². The summed E-state index contributed by atoms with van der Waals surface area (Å²) >= 11 is 0. The van der Waals surface area contributed by atoms with E-state index in [-0.39, 0.29) is 5.41 Å². The average molecular weight is 210 g/mol. The highest BCUT2D eigenvalue weighted by molar-refractivity contribution is 5.83. The van der Waals surface area contributed by atoms with Crippen LogP contribution in [0.15, 0.2) is 0 Å². The van der Waals surface area contributed by atoms with Crippen molar-refractivity contribution in [2.75, 3.05) is 13.6 Å². The topological polar surface area (TPSA) is 27.1 Å². The molecule has 0 saturated heterocycles. The molecule has 0 heterocycles. The van der Waals surface area contributed by atoms with Crippen LogP contribution < -0.4 is 0 Å². The van der Waals surface area contributed by atoms with Gasteiger partial charge in [0.25, 0.3) is 0 Å². The van der Waals surface area contributed by atoms with E-state index in [2.05, 4.69) is 32.7 Å². The van der Waals surface area contributed by atoms with E-state index in [0.717, 1.165) is 18.3 Å². The molecule has 0 aromatic heterocycles. The third-order valence-electron chi connectivity index (χ3n) is 3.35. The van der Waals surface area contributed by atoms with Gasteiger partial charge in [0.05, 0.1) is 0 Å². The van der Waals surface area contributed by atoms with E-state index in [1.54, 1.807) is 0 Å². The van der Waals surface area contributed by atoms with Crippen LogP contribution in [0.4, 0.5) is 0 Å². The maximum absolute atomic E-state index is 8.09. The molecule has 0 bridgehead atoms. The van der Waals surface area contributed by atoms with Gasteiger partial charge in [-0.05, 0) is 18.8 Å². The van der Waals surface area contributed by atoms with Gasteiger partial charge in [-0.15, -0.1) is 0 Å². The molecule has 2 nitrogen and oxygen atoms in total. The summed E-state index contributed by atoms with van der Waals surface area (Å²) in [6.07, 6.45) is 6.92. The molecule has 1 fully saturated rings. The molecule has 0 aromatic carbocycles. The van der Waals surface area contributed by atoms with Gasteiger partial charge < -0.3 is 4.90 Å². The highest BCUT2D eigenvalue weighted by atomic mass is 15.1. The zero-order valence-electron chi connectivity index (χ0n) is 10.8. The smallest absolute Gasteiger partial charge is 0.101 e. The van der Waals surface area contributed by atoms with Crippen LogP contribution >= 0.6 is 0 Å². The van der Waals surface area contributed by atoms with E-state index in [9.17, 15) is 0 Å². The fraction of sp³-hybridized carbons (Fsp3) is 0.923. The van der Waals surface area contributed by atoms with Crippen molar-refractivity contribution in [3.63, 3.8) is 0 Å². The number of nitrogens with one attached hydrogen (secondary N) is 1. The van der Waals surface area contributed by atoms with Crippen LogP contribution in [0.25, 0.3) is 0 Å². The zero-order valence-corrected chi connectivity index (χ0v) is 10.8. The molecule has 1 aliphatic rings. The fourth-order valence-electron chi connectivity index (χ4n) is 2.42. The van der Waals surface area contributed by atoms with Gasteiger partial charge in [0.2, 0.25) is 0 Å². The van der Waals surface area contributed by atoms with Crippen molar-refractivity contribution in [1.82, 2.24) is 4.90 Å². The molecule has 0 aliphatic heterocycles. The highest BCUT2D eigenvalue weighted by Gasteiger charge is 2.23. The average Bonchev–Trinajstić information content (AvgIpc) is 2.16. The van der Waals surface area contributed by atoms with E-state index in [1.807, 2.05) is 0 Å². The Bertz CT molecular complexity index is 209. The van der Waals surface area contributed by atoms with Gasteiger partial charge in [0.15, 0.2) is 0 Å². The lowest BCUT2D eigenvalue weighted by molar-refractivity contribution is 0.283. The summed E-state index contributed by atoms with van der Waals surface area (Å²) in [4.78, 5) is 2.15. The van der Waals surface area contributed by atoms with E-state index in [1.165, 1.54) is 32.1 Å². The van der Waals surface area contributed by atoms with Crippen molar-refractivity contribution in [3.05, 3.63) is 0 Å². The van der Waals surface area contributed by atoms with Crippen molar-refractivity contribution in [3.8, 4) is 0 Å². The lowest BCUT2D eigenvalue weighted by Gasteiger charge is -2.33. The number of hydrogen-bond donors (Lipinski definition) is 1. The van der Waals surface area contributed by atoms with Crippen LogP contribution in [0.5, 0.6) is 0 Å². The molecule has 2 heteroatoms. The Morgan fingerprint density at radius 1 is 1.20 bits per heavy atom. The summed E-state index contributed by atoms with van der Waals surface area (Å²) in [6.45, 7) is 7.43. The van der Waals surface area contributed by atoms with Crippen molar-refractivity contribution in [2.24, 2.45) is 11.3 Å². The summed E-state index contributed by atoms with van der Waals surface area (Å²) < 4.78 is 0. The van der Waals surface area contributed by atoms with E-state index in [4.69, 9.17) is 5.41 Å². The van der Waals surface area contributed by atoms with Crippen LogP contribution in [0.3, 0.4) is 0 Å². The van der Waals surface area contributed by atoms with Gasteiger partial charge in [-0.1, -0.05) is 40.0 Å². The molecule has 1 aliphatic carbocycles. The lowest BCUT2D eigenvalue weighted by Crippen LogP contribution is -2.39. The SMILES string of the molecule is CN(CC1CCCCC1)C(=N)C(C)(C)C. The molecule has 0 aromatic rings. The maximum atomic E-state index is 8.09. The summed E-state index contributed by atoms with van der Waals surface area (Å²) in [5, 5.41) is 8.09. The molecule has 1 saturated carbocycles. The molecular formula is C13H26N2. The van der Waals surface area contributed by atoms with Gasteiger partial charge in [-0.2, -0.15) is 0 Å². The van der Waals surface area contributed by atoms with Crippen LogP contribution in [0.2, 0.25) is 0 Å². The second-order valence-electron chi connectivity index (χ2n) is 5.98. The molecule has 1 N–H and O–H groups in total. The Kier molecular flexibility index (Phi) is 4.18. The van der Waals surface area contributed by atoms with Gasteiger partial charge in [0, 0.05) is 19.0 Å². The quantitative estimate of drug-likeness (QED) is 0.548. The lowest BCUT2D eigenvalue weighted by atomic mass is 9.88. The summed E-state index contributed by atoms with van der Waals surface area (Å²) in [5.74, 6) is 1.60. The Hall–Kier alpha value is -0.530. The molecule has 0 amide bonds. The molecular weight excluding hydrogens is 184 g/mol. The van der Waals surface area contributed by atoms with Crippen molar-refractivity contribution in [1.29, 1.82) is 5.41 Å². The minimum absolute atomic E-state index is 0.0105. The van der Waals surface area contributed by atoms with Crippen LogP contribution in [-0.2, 0) is 0 Å². The molecule has 0 spiro atoms.